The van der Waals surface area contributed by atoms with Crippen molar-refractivity contribution < 1.29 is 35.4 Å². The Bertz CT molecular complexity index is 224. The molecule has 0 rings (SSSR count). The number of Topliss-reactive ketones (excluding diaryl/α,β-unsaturated/α-hetero) is 1. The highest BCUT2D eigenvalue weighted by atomic mass is 35.5. The maximum absolute atomic E-state index is 10.9. The maximum Gasteiger partial charge on any atom is 0.178 e. The van der Waals surface area contributed by atoms with Crippen LogP contribution in [0.15, 0.2) is 0 Å². The monoisotopic (exact) mass is 258 g/mol. The number of ketones is 1. The molecule has 0 radical (unpaired) electrons. The Kier molecular flexibility index (Phi) is 7.00. The molecule has 0 aliphatic heterocycles. The van der Waals surface area contributed by atoms with Crippen LogP contribution in [0.1, 0.15) is 0 Å². The van der Waals surface area contributed by atoms with Gasteiger partial charge in [0, 0.05) is 0 Å². The van der Waals surface area contributed by atoms with E-state index in [9.17, 15) is 20.1 Å². The first-order chi connectivity index (χ1) is 7.36. The molecule has 1 unspecified atom stereocenters. The summed E-state index contributed by atoms with van der Waals surface area (Å²) in [6.07, 6.45) is -9.53. The molecule has 0 heterocycles. The Morgan fingerprint density at radius 2 is 1.50 bits per heavy atom. The van der Waals surface area contributed by atoms with E-state index >= 15 is 0 Å². The van der Waals surface area contributed by atoms with Crippen molar-refractivity contribution in [1.29, 1.82) is 0 Å². The van der Waals surface area contributed by atoms with Crippen molar-refractivity contribution in [2.24, 2.45) is 0 Å². The van der Waals surface area contributed by atoms with Gasteiger partial charge in [0.25, 0.3) is 0 Å². The van der Waals surface area contributed by atoms with Crippen molar-refractivity contribution in [2.45, 2.75) is 30.5 Å². The topological polar surface area (TPSA) is 138 Å². The molecule has 0 aromatic rings. The molecule has 8 heteroatoms. The van der Waals surface area contributed by atoms with Crippen LogP contribution in [0.25, 0.3) is 0 Å². The molecule has 0 aliphatic rings. The number of aliphatic hydroxyl groups is 6. The maximum atomic E-state index is 10.9. The molecule has 6 N–H and O–H groups in total. The van der Waals surface area contributed by atoms with Crippen molar-refractivity contribution in [1.82, 2.24) is 0 Å². The summed E-state index contributed by atoms with van der Waals surface area (Å²) < 4.78 is 0. The fourth-order valence-corrected chi connectivity index (χ4v) is 1.15. The fraction of sp³-hybridized carbons (Fsp3) is 0.875. The molecule has 5 atom stereocenters. The molecule has 0 aromatic heterocycles. The summed E-state index contributed by atoms with van der Waals surface area (Å²) in [6, 6.07) is 0. The standard InChI is InChI=1S/C8H15ClO7/c9-1-3(11)5(13)7(15)8(16)6(14)4(12)2-10/h4-8,10,12-16H,1-2H2/t4-,5?,6+,7+,8+/m1/s1. The molecule has 0 aliphatic carbocycles. The third kappa shape index (κ3) is 3.95. The minimum atomic E-state index is -2.00. The van der Waals surface area contributed by atoms with Gasteiger partial charge in [-0.15, -0.1) is 11.6 Å². The molecule has 7 nitrogen and oxygen atoms in total. The van der Waals surface area contributed by atoms with Crippen LogP contribution in [0.2, 0.25) is 0 Å². The molecule has 0 fully saturated rings. The Labute approximate surface area is 96.5 Å². The number of aliphatic hydroxyl groups excluding tert-OH is 6. The first-order valence-electron chi connectivity index (χ1n) is 4.46. The number of hydrogen-bond acceptors (Lipinski definition) is 7. The number of halogens is 1. The van der Waals surface area contributed by atoms with E-state index in [1.54, 1.807) is 0 Å². The van der Waals surface area contributed by atoms with Gasteiger partial charge >= 0.3 is 0 Å². The van der Waals surface area contributed by atoms with Crippen LogP contribution in [0, 0.1) is 0 Å². The minimum Gasteiger partial charge on any atom is -0.394 e. The van der Waals surface area contributed by atoms with E-state index < -0.39 is 48.8 Å². The van der Waals surface area contributed by atoms with Crippen LogP contribution in [0.5, 0.6) is 0 Å². The van der Waals surface area contributed by atoms with Crippen LogP contribution in [-0.2, 0) is 4.79 Å². The molecular weight excluding hydrogens is 244 g/mol. The molecular formula is C8H15ClO7. The highest BCUT2D eigenvalue weighted by molar-refractivity contribution is 6.28. The number of alkyl halides is 1. The lowest BCUT2D eigenvalue weighted by Gasteiger charge is -2.27. The van der Waals surface area contributed by atoms with Crippen LogP contribution >= 0.6 is 11.6 Å². The van der Waals surface area contributed by atoms with Crippen LogP contribution in [-0.4, -0.2) is 79.4 Å². The second kappa shape index (κ2) is 7.13. The third-order valence-electron chi connectivity index (χ3n) is 2.07. The lowest BCUT2D eigenvalue weighted by Crippen LogP contribution is -2.52. The molecule has 0 aromatic carbocycles. The highest BCUT2D eigenvalue weighted by Gasteiger charge is 2.36. The van der Waals surface area contributed by atoms with Crippen molar-refractivity contribution in [2.75, 3.05) is 12.5 Å². The molecule has 0 saturated heterocycles. The van der Waals surface area contributed by atoms with Gasteiger partial charge in [-0.05, 0) is 0 Å². The summed E-state index contributed by atoms with van der Waals surface area (Å²) in [5.41, 5.74) is 0. The quantitative estimate of drug-likeness (QED) is 0.262. The van der Waals surface area contributed by atoms with Crippen molar-refractivity contribution >= 4 is 17.4 Å². The van der Waals surface area contributed by atoms with Crippen LogP contribution < -0.4 is 0 Å². The summed E-state index contributed by atoms with van der Waals surface area (Å²) in [7, 11) is 0. The summed E-state index contributed by atoms with van der Waals surface area (Å²) in [4.78, 5) is 10.9. The number of rotatable bonds is 7. The van der Waals surface area contributed by atoms with E-state index in [-0.39, 0.29) is 0 Å². The Morgan fingerprint density at radius 3 is 1.88 bits per heavy atom. The van der Waals surface area contributed by atoms with Gasteiger partial charge in [-0.3, -0.25) is 4.79 Å². The van der Waals surface area contributed by atoms with E-state index in [2.05, 4.69) is 0 Å². The zero-order valence-corrected chi connectivity index (χ0v) is 9.03. The zero-order valence-electron chi connectivity index (χ0n) is 8.27. The molecule has 16 heavy (non-hydrogen) atoms. The largest absolute Gasteiger partial charge is 0.394 e. The van der Waals surface area contributed by atoms with Crippen LogP contribution in [0.3, 0.4) is 0 Å². The van der Waals surface area contributed by atoms with E-state index in [1.165, 1.54) is 0 Å². The minimum absolute atomic E-state index is 0.566. The van der Waals surface area contributed by atoms with Gasteiger partial charge in [-0.1, -0.05) is 0 Å². The summed E-state index contributed by atoms with van der Waals surface area (Å²) >= 11 is 5.11. The predicted octanol–water partition coefficient (Wildman–Crippen LogP) is -3.41. The summed E-state index contributed by atoms with van der Waals surface area (Å²) in [5, 5.41) is 54.3. The van der Waals surface area contributed by atoms with Gasteiger partial charge in [0.2, 0.25) is 0 Å². The van der Waals surface area contributed by atoms with Crippen LogP contribution in [0.4, 0.5) is 0 Å². The number of carbonyl (C=O) groups excluding carboxylic acids is 1. The van der Waals surface area contributed by atoms with Crippen molar-refractivity contribution in [3.63, 3.8) is 0 Å². The van der Waals surface area contributed by atoms with Gasteiger partial charge in [-0.2, -0.15) is 0 Å². The molecule has 0 spiro atoms. The average Bonchev–Trinajstić information content (AvgIpc) is 2.32. The second-order valence-electron chi connectivity index (χ2n) is 3.27. The predicted molar refractivity (Wildman–Crippen MR) is 52.8 cm³/mol. The normalized spacial score (nSPS) is 20.9. The lowest BCUT2D eigenvalue weighted by molar-refractivity contribution is -0.153. The fourth-order valence-electron chi connectivity index (χ4n) is 0.994. The van der Waals surface area contributed by atoms with Crippen molar-refractivity contribution in [3.8, 4) is 0 Å². The van der Waals surface area contributed by atoms with Gasteiger partial charge < -0.3 is 30.6 Å². The van der Waals surface area contributed by atoms with E-state index in [1.807, 2.05) is 0 Å². The van der Waals surface area contributed by atoms with Gasteiger partial charge in [0.05, 0.1) is 12.5 Å². The summed E-state index contributed by atoms with van der Waals surface area (Å²) in [5.74, 6) is -1.50. The molecule has 0 saturated carbocycles. The smallest absolute Gasteiger partial charge is 0.178 e. The lowest BCUT2D eigenvalue weighted by atomic mass is 9.98. The zero-order chi connectivity index (χ0) is 12.9. The second-order valence-corrected chi connectivity index (χ2v) is 3.53. The first-order valence-corrected chi connectivity index (χ1v) is 5.00. The van der Waals surface area contributed by atoms with E-state index in [0.29, 0.717) is 0 Å². The SMILES string of the molecule is O=C(CCl)C(O)[C@H](O)[C@@H](O)[C@@H](O)[C@H](O)CO. The molecule has 96 valence electrons. The molecule has 0 bridgehead atoms. The Balaban J connectivity index is 4.47. The number of carbonyl (C=O) groups is 1. The first kappa shape index (κ1) is 15.7. The highest BCUT2D eigenvalue weighted by Crippen LogP contribution is 2.09. The van der Waals surface area contributed by atoms with Gasteiger partial charge in [0.1, 0.15) is 30.5 Å². The average molecular weight is 259 g/mol. The molecule has 0 amide bonds. The van der Waals surface area contributed by atoms with E-state index in [0.717, 1.165) is 0 Å². The number of hydrogen-bond donors (Lipinski definition) is 6. The van der Waals surface area contributed by atoms with Gasteiger partial charge in [-0.25, -0.2) is 0 Å². The Hall–Kier alpha value is -0.280. The third-order valence-corrected chi connectivity index (χ3v) is 2.33. The van der Waals surface area contributed by atoms with Gasteiger partial charge in [0.15, 0.2) is 5.78 Å². The Morgan fingerprint density at radius 1 is 1.00 bits per heavy atom. The summed E-state index contributed by atoms with van der Waals surface area (Å²) in [6.45, 7) is -0.843. The van der Waals surface area contributed by atoms with E-state index in [4.69, 9.17) is 26.9 Å². The van der Waals surface area contributed by atoms with Crippen molar-refractivity contribution in [3.05, 3.63) is 0 Å².